The predicted molar refractivity (Wildman–Crippen MR) is 58.2 cm³/mol. The first-order valence-corrected chi connectivity index (χ1v) is 5.96. The van der Waals surface area contributed by atoms with E-state index in [0.29, 0.717) is 12.6 Å². The van der Waals surface area contributed by atoms with Gasteiger partial charge in [0.2, 0.25) is 0 Å². The van der Waals surface area contributed by atoms with Crippen molar-refractivity contribution in [3.63, 3.8) is 0 Å². The molecule has 0 radical (unpaired) electrons. The van der Waals surface area contributed by atoms with Gasteiger partial charge in [-0.25, -0.2) is 4.79 Å². The first kappa shape index (κ1) is 11.2. The predicted octanol–water partition coefficient (Wildman–Crippen LogP) is 1.19. The smallest absolute Gasteiger partial charge is 0.317 e. The number of piperidine rings is 1. The van der Waals surface area contributed by atoms with Crippen LogP contribution in [-0.4, -0.2) is 40.6 Å². The highest BCUT2D eigenvalue weighted by atomic mass is 16.4. The Hall–Kier alpha value is -1.26. The average Bonchev–Trinajstić information content (AvgIpc) is 3.01. The third kappa shape index (κ3) is 2.87. The molecule has 5 nitrogen and oxygen atoms in total. The van der Waals surface area contributed by atoms with Gasteiger partial charge in [-0.15, -0.1) is 0 Å². The Morgan fingerprint density at radius 2 is 2.00 bits per heavy atom. The van der Waals surface area contributed by atoms with E-state index in [-0.39, 0.29) is 18.5 Å². The van der Waals surface area contributed by atoms with E-state index in [1.165, 1.54) is 0 Å². The highest BCUT2D eigenvalue weighted by Crippen LogP contribution is 2.23. The maximum atomic E-state index is 11.9. The van der Waals surface area contributed by atoms with Crippen molar-refractivity contribution >= 4 is 12.0 Å². The largest absolute Gasteiger partial charge is 0.481 e. The lowest BCUT2D eigenvalue weighted by Gasteiger charge is -2.34. The first-order valence-electron chi connectivity index (χ1n) is 5.96. The highest BCUT2D eigenvalue weighted by Gasteiger charge is 2.31. The number of rotatable bonds is 3. The lowest BCUT2D eigenvalue weighted by atomic mass is 10.00. The van der Waals surface area contributed by atoms with Crippen LogP contribution >= 0.6 is 0 Å². The standard InChI is InChI=1S/C11H18N2O3/c14-10(15)7-9-3-1-2-6-13(9)11(16)12-8-4-5-8/h8-9H,1-7H2,(H,12,16)(H,14,15). The van der Waals surface area contributed by atoms with Crippen LogP contribution < -0.4 is 5.32 Å². The Kier molecular flexibility index (Phi) is 3.31. The summed E-state index contributed by atoms with van der Waals surface area (Å²) in [6, 6.07) is 0.137. The van der Waals surface area contributed by atoms with E-state index in [1.807, 2.05) is 0 Å². The van der Waals surface area contributed by atoms with Gasteiger partial charge in [-0.3, -0.25) is 4.79 Å². The molecular weight excluding hydrogens is 208 g/mol. The van der Waals surface area contributed by atoms with Crippen molar-refractivity contribution < 1.29 is 14.7 Å². The minimum absolute atomic E-state index is 0.0675. The summed E-state index contributed by atoms with van der Waals surface area (Å²) in [5.41, 5.74) is 0. The molecule has 1 atom stereocenters. The van der Waals surface area contributed by atoms with Crippen molar-refractivity contribution in [2.24, 2.45) is 0 Å². The van der Waals surface area contributed by atoms with E-state index >= 15 is 0 Å². The molecule has 1 aliphatic carbocycles. The molecule has 5 heteroatoms. The van der Waals surface area contributed by atoms with Crippen molar-refractivity contribution in [2.45, 2.75) is 50.6 Å². The molecule has 2 rings (SSSR count). The molecule has 0 spiro atoms. The van der Waals surface area contributed by atoms with Crippen LogP contribution in [0.2, 0.25) is 0 Å². The van der Waals surface area contributed by atoms with Crippen molar-refractivity contribution in [3.8, 4) is 0 Å². The third-order valence-electron chi connectivity index (χ3n) is 3.20. The lowest BCUT2D eigenvalue weighted by Crippen LogP contribution is -2.49. The van der Waals surface area contributed by atoms with Gasteiger partial charge in [-0.05, 0) is 32.1 Å². The van der Waals surface area contributed by atoms with Crippen LogP contribution in [0.3, 0.4) is 0 Å². The quantitative estimate of drug-likeness (QED) is 0.759. The summed E-state index contributed by atoms with van der Waals surface area (Å²) in [4.78, 5) is 24.3. The van der Waals surface area contributed by atoms with Crippen LogP contribution in [0, 0.1) is 0 Å². The molecule has 0 aromatic rings. The van der Waals surface area contributed by atoms with E-state index in [0.717, 1.165) is 32.1 Å². The number of nitrogens with one attached hydrogen (secondary N) is 1. The van der Waals surface area contributed by atoms with Crippen molar-refractivity contribution in [1.82, 2.24) is 10.2 Å². The number of carbonyl (C=O) groups is 2. The van der Waals surface area contributed by atoms with Gasteiger partial charge in [-0.1, -0.05) is 0 Å². The molecule has 2 N–H and O–H groups in total. The molecule has 1 saturated heterocycles. The van der Waals surface area contributed by atoms with E-state index < -0.39 is 5.97 Å². The number of hydrogen-bond acceptors (Lipinski definition) is 2. The molecule has 1 saturated carbocycles. The zero-order chi connectivity index (χ0) is 11.5. The fourth-order valence-electron chi connectivity index (χ4n) is 2.17. The number of likely N-dealkylation sites (tertiary alicyclic amines) is 1. The summed E-state index contributed by atoms with van der Waals surface area (Å²) >= 11 is 0. The van der Waals surface area contributed by atoms with Crippen molar-refractivity contribution in [2.75, 3.05) is 6.54 Å². The number of carboxylic acids is 1. The number of carbonyl (C=O) groups excluding carboxylic acids is 1. The summed E-state index contributed by atoms with van der Waals surface area (Å²) in [6.45, 7) is 0.691. The van der Waals surface area contributed by atoms with Gasteiger partial charge < -0.3 is 15.3 Å². The van der Waals surface area contributed by atoms with Gasteiger partial charge in [0.25, 0.3) is 0 Å². The zero-order valence-electron chi connectivity index (χ0n) is 9.32. The summed E-state index contributed by atoms with van der Waals surface area (Å²) < 4.78 is 0. The lowest BCUT2D eigenvalue weighted by molar-refractivity contribution is -0.138. The van der Waals surface area contributed by atoms with Crippen LogP contribution in [0.15, 0.2) is 0 Å². The first-order chi connectivity index (χ1) is 7.66. The monoisotopic (exact) mass is 226 g/mol. The molecule has 2 aliphatic rings. The molecule has 0 bridgehead atoms. The number of amides is 2. The summed E-state index contributed by atoms with van der Waals surface area (Å²) in [6.07, 6.45) is 4.99. The number of urea groups is 1. The van der Waals surface area contributed by atoms with Crippen LogP contribution in [0.1, 0.15) is 38.5 Å². The maximum Gasteiger partial charge on any atom is 0.317 e. The van der Waals surface area contributed by atoms with Gasteiger partial charge >= 0.3 is 12.0 Å². The Labute approximate surface area is 94.8 Å². The fraction of sp³-hybridized carbons (Fsp3) is 0.818. The van der Waals surface area contributed by atoms with Gasteiger partial charge in [0.15, 0.2) is 0 Å². The molecule has 2 amide bonds. The van der Waals surface area contributed by atoms with Gasteiger partial charge in [0.1, 0.15) is 0 Å². The number of aliphatic carboxylic acids is 1. The van der Waals surface area contributed by atoms with Crippen LogP contribution in [0.25, 0.3) is 0 Å². The Balaban J connectivity index is 1.91. The zero-order valence-corrected chi connectivity index (χ0v) is 9.32. The minimum Gasteiger partial charge on any atom is -0.481 e. The second-order valence-corrected chi connectivity index (χ2v) is 4.66. The summed E-state index contributed by atoms with van der Waals surface area (Å²) in [5, 5.41) is 11.7. The molecule has 0 aromatic carbocycles. The summed E-state index contributed by atoms with van der Waals surface area (Å²) in [7, 11) is 0. The summed E-state index contributed by atoms with van der Waals surface area (Å²) in [5.74, 6) is -0.823. The molecule has 0 aromatic heterocycles. The second-order valence-electron chi connectivity index (χ2n) is 4.66. The maximum absolute atomic E-state index is 11.9. The van der Waals surface area contributed by atoms with E-state index in [2.05, 4.69) is 5.32 Å². The molecule has 90 valence electrons. The highest BCUT2D eigenvalue weighted by molar-refractivity contribution is 5.76. The van der Waals surface area contributed by atoms with Gasteiger partial charge in [0.05, 0.1) is 6.42 Å². The topological polar surface area (TPSA) is 69.6 Å². The van der Waals surface area contributed by atoms with Gasteiger partial charge in [-0.2, -0.15) is 0 Å². The normalized spacial score (nSPS) is 25.2. The third-order valence-corrected chi connectivity index (χ3v) is 3.20. The molecule has 1 aliphatic heterocycles. The minimum atomic E-state index is -0.823. The SMILES string of the molecule is O=C(O)CC1CCCCN1C(=O)NC1CC1. The van der Waals surface area contributed by atoms with Crippen molar-refractivity contribution in [1.29, 1.82) is 0 Å². The van der Waals surface area contributed by atoms with Crippen molar-refractivity contribution in [3.05, 3.63) is 0 Å². The second kappa shape index (κ2) is 4.72. The van der Waals surface area contributed by atoms with E-state index in [9.17, 15) is 9.59 Å². The molecule has 1 heterocycles. The fourth-order valence-corrected chi connectivity index (χ4v) is 2.17. The Bertz CT molecular complexity index is 289. The van der Waals surface area contributed by atoms with Gasteiger partial charge in [0, 0.05) is 18.6 Å². The Morgan fingerprint density at radius 3 is 2.62 bits per heavy atom. The number of carboxylic acid groups (broad SMARTS) is 1. The van der Waals surface area contributed by atoms with Crippen LogP contribution in [0.5, 0.6) is 0 Å². The molecule has 1 unspecified atom stereocenters. The Morgan fingerprint density at radius 1 is 1.25 bits per heavy atom. The number of nitrogens with zero attached hydrogens (tertiary/aromatic N) is 1. The molecular formula is C11H18N2O3. The number of hydrogen-bond donors (Lipinski definition) is 2. The van der Waals surface area contributed by atoms with E-state index in [4.69, 9.17) is 5.11 Å². The molecule has 2 fully saturated rings. The van der Waals surface area contributed by atoms with E-state index in [1.54, 1.807) is 4.90 Å². The molecule has 16 heavy (non-hydrogen) atoms. The average molecular weight is 226 g/mol. The van der Waals surface area contributed by atoms with Crippen LogP contribution in [0.4, 0.5) is 4.79 Å². The van der Waals surface area contributed by atoms with Crippen LogP contribution in [-0.2, 0) is 4.79 Å².